The van der Waals surface area contributed by atoms with Crippen molar-refractivity contribution in [2.45, 2.75) is 32.6 Å². The first-order valence-corrected chi connectivity index (χ1v) is 5.06. The molecule has 0 amide bonds. The minimum Gasteiger partial charge on any atom is -0.466 e. The molecule has 0 aromatic heterocycles. The summed E-state index contributed by atoms with van der Waals surface area (Å²) in [5, 5.41) is 0. The molecule has 1 atom stereocenters. The minimum atomic E-state index is -0.0607. The molecule has 3 heteroatoms. The minimum absolute atomic E-state index is 0.0607. The second kappa shape index (κ2) is 5.97. The van der Waals surface area contributed by atoms with E-state index in [0.717, 1.165) is 32.5 Å². The number of carbonyl (C=O) groups is 1. The van der Waals surface area contributed by atoms with Crippen molar-refractivity contribution < 1.29 is 14.3 Å². The van der Waals surface area contributed by atoms with E-state index in [9.17, 15) is 4.79 Å². The molecule has 3 nitrogen and oxygen atoms in total. The highest BCUT2D eigenvalue weighted by molar-refractivity contribution is 5.69. The summed E-state index contributed by atoms with van der Waals surface area (Å²) in [5.74, 6) is 0.413. The van der Waals surface area contributed by atoms with Gasteiger partial charge in [-0.15, -0.1) is 0 Å². The lowest BCUT2D eigenvalue weighted by Crippen LogP contribution is -2.11. The van der Waals surface area contributed by atoms with Gasteiger partial charge in [-0.1, -0.05) is 0 Å². The zero-order valence-electron chi connectivity index (χ0n) is 8.25. The first-order valence-electron chi connectivity index (χ1n) is 5.06. The zero-order valence-corrected chi connectivity index (χ0v) is 8.25. The second-order valence-corrected chi connectivity index (χ2v) is 3.42. The highest BCUT2D eigenvalue weighted by atomic mass is 16.5. The van der Waals surface area contributed by atoms with Crippen molar-refractivity contribution in [1.29, 1.82) is 0 Å². The van der Waals surface area contributed by atoms with Crippen LogP contribution in [0.1, 0.15) is 32.6 Å². The third kappa shape index (κ3) is 4.27. The average Bonchev–Trinajstić information content (AvgIpc) is 2.33. The maximum absolute atomic E-state index is 11.2. The van der Waals surface area contributed by atoms with Crippen LogP contribution in [0.4, 0.5) is 0 Å². The number of hydrogen-bond acceptors (Lipinski definition) is 3. The fraction of sp³-hybridized carbons (Fsp3) is 0.900. The molecule has 76 valence electrons. The fourth-order valence-corrected chi connectivity index (χ4v) is 1.63. The summed E-state index contributed by atoms with van der Waals surface area (Å²) in [4.78, 5) is 11.2. The Morgan fingerprint density at radius 3 is 3.08 bits per heavy atom. The van der Waals surface area contributed by atoms with Crippen molar-refractivity contribution in [2.24, 2.45) is 5.92 Å². The van der Waals surface area contributed by atoms with Crippen molar-refractivity contribution in [3.8, 4) is 0 Å². The Morgan fingerprint density at radius 2 is 2.31 bits per heavy atom. The largest absolute Gasteiger partial charge is 0.466 e. The molecule has 1 aliphatic heterocycles. The van der Waals surface area contributed by atoms with Crippen LogP contribution in [0.15, 0.2) is 0 Å². The molecule has 0 saturated carbocycles. The van der Waals surface area contributed by atoms with Gasteiger partial charge in [0.2, 0.25) is 0 Å². The van der Waals surface area contributed by atoms with E-state index in [4.69, 9.17) is 9.47 Å². The number of rotatable bonds is 3. The van der Waals surface area contributed by atoms with Gasteiger partial charge in [0.05, 0.1) is 6.61 Å². The predicted octanol–water partition coefficient (Wildman–Crippen LogP) is 1.76. The number of carbonyl (C=O) groups excluding carboxylic acids is 1. The first kappa shape index (κ1) is 10.5. The van der Waals surface area contributed by atoms with Gasteiger partial charge >= 0.3 is 5.97 Å². The highest BCUT2D eigenvalue weighted by Gasteiger charge is 2.16. The van der Waals surface area contributed by atoms with Crippen molar-refractivity contribution in [1.82, 2.24) is 0 Å². The van der Waals surface area contributed by atoms with Crippen LogP contribution >= 0.6 is 0 Å². The summed E-state index contributed by atoms with van der Waals surface area (Å²) >= 11 is 0. The maximum atomic E-state index is 11.2. The maximum Gasteiger partial charge on any atom is 0.306 e. The van der Waals surface area contributed by atoms with Gasteiger partial charge < -0.3 is 9.47 Å². The lowest BCUT2D eigenvalue weighted by Gasteiger charge is -2.11. The number of hydrogen-bond donors (Lipinski definition) is 0. The predicted molar refractivity (Wildman–Crippen MR) is 49.4 cm³/mol. The van der Waals surface area contributed by atoms with E-state index in [1.807, 2.05) is 6.92 Å². The van der Waals surface area contributed by atoms with Crippen molar-refractivity contribution >= 4 is 5.97 Å². The lowest BCUT2D eigenvalue weighted by molar-refractivity contribution is -0.144. The summed E-state index contributed by atoms with van der Waals surface area (Å²) in [6.45, 7) is 3.97. The summed E-state index contributed by atoms with van der Waals surface area (Å²) in [6.07, 6.45) is 3.74. The van der Waals surface area contributed by atoms with Gasteiger partial charge in [-0.05, 0) is 32.1 Å². The Bertz CT molecular complexity index is 148. The highest BCUT2D eigenvalue weighted by Crippen LogP contribution is 2.19. The average molecular weight is 186 g/mol. The number of ether oxygens (including phenoxy) is 2. The van der Waals surface area contributed by atoms with Crippen LogP contribution in [0.5, 0.6) is 0 Å². The van der Waals surface area contributed by atoms with Crippen LogP contribution in [0.25, 0.3) is 0 Å². The van der Waals surface area contributed by atoms with E-state index in [-0.39, 0.29) is 5.97 Å². The van der Waals surface area contributed by atoms with E-state index in [2.05, 4.69) is 0 Å². The molecule has 0 aromatic carbocycles. The molecule has 0 spiro atoms. The van der Waals surface area contributed by atoms with Crippen LogP contribution in [0, 0.1) is 5.92 Å². The Balaban J connectivity index is 2.21. The van der Waals surface area contributed by atoms with Gasteiger partial charge in [-0.25, -0.2) is 0 Å². The Hall–Kier alpha value is -0.570. The van der Waals surface area contributed by atoms with Crippen molar-refractivity contribution in [2.75, 3.05) is 19.8 Å². The summed E-state index contributed by atoms with van der Waals surface area (Å²) in [6, 6.07) is 0. The number of esters is 1. The van der Waals surface area contributed by atoms with Gasteiger partial charge in [0.1, 0.15) is 0 Å². The third-order valence-electron chi connectivity index (χ3n) is 2.33. The van der Waals surface area contributed by atoms with Crippen molar-refractivity contribution in [3.63, 3.8) is 0 Å². The molecule has 0 aliphatic carbocycles. The Labute approximate surface area is 79.4 Å². The van der Waals surface area contributed by atoms with E-state index < -0.39 is 0 Å². The Kier molecular flexibility index (Phi) is 4.83. The van der Waals surface area contributed by atoms with E-state index in [1.54, 1.807) is 0 Å². The Morgan fingerprint density at radius 1 is 1.46 bits per heavy atom. The molecule has 1 saturated heterocycles. The summed E-state index contributed by atoms with van der Waals surface area (Å²) in [5.41, 5.74) is 0. The molecule has 1 aliphatic rings. The monoisotopic (exact) mass is 186 g/mol. The third-order valence-corrected chi connectivity index (χ3v) is 2.33. The summed E-state index contributed by atoms with van der Waals surface area (Å²) < 4.78 is 10.2. The van der Waals surface area contributed by atoms with Gasteiger partial charge in [0.25, 0.3) is 0 Å². The summed E-state index contributed by atoms with van der Waals surface area (Å²) in [7, 11) is 0. The van der Waals surface area contributed by atoms with E-state index in [1.165, 1.54) is 0 Å². The fourth-order valence-electron chi connectivity index (χ4n) is 1.63. The topological polar surface area (TPSA) is 35.5 Å². The molecule has 0 radical (unpaired) electrons. The molecule has 0 aromatic rings. The van der Waals surface area contributed by atoms with E-state index >= 15 is 0 Å². The molecule has 0 N–H and O–H groups in total. The van der Waals surface area contributed by atoms with Crippen LogP contribution in [-0.4, -0.2) is 25.8 Å². The molecule has 1 unspecified atom stereocenters. The van der Waals surface area contributed by atoms with Gasteiger partial charge in [-0.2, -0.15) is 0 Å². The normalized spacial score (nSPS) is 23.6. The van der Waals surface area contributed by atoms with Gasteiger partial charge in [0, 0.05) is 19.6 Å². The first-order chi connectivity index (χ1) is 6.33. The standard InChI is InChI=1S/C10H18O3/c1-2-13-10(11)8-9-4-3-6-12-7-5-9/h9H,2-8H2,1H3. The van der Waals surface area contributed by atoms with Crippen LogP contribution in [0.2, 0.25) is 0 Å². The van der Waals surface area contributed by atoms with Crippen molar-refractivity contribution in [3.05, 3.63) is 0 Å². The lowest BCUT2D eigenvalue weighted by atomic mass is 9.97. The zero-order chi connectivity index (χ0) is 9.52. The molecule has 1 heterocycles. The molecule has 1 fully saturated rings. The molecule has 1 rings (SSSR count). The molecular formula is C10H18O3. The van der Waals surface area contributed by atoms with Gasteiger partial charge in [-0.3, -0.25) is 4.79 Å². The van der Waals surface area contributed by atoms with E-state index in [0.29, 0.717) is 18.9 Å². The van der Waals surface area contributed by atoms with Crippen LogP contribution in [-0.2, 0) is 14.3 Å². The molecule has 13 heavy (non-hydrogen) atoms. The quantitative estimate of drug-likeness (QED) is 0.630. The van der Waals surface area contributed by atoms with Crippen LogP contribution < -0.4 is 0 Å². The smallest absolute Gasteiger partial charge is 0.306 e. The SMILES string of the molecule is CCOC(=O)CC1CCCOCC1. The molecular weight excluding hydrogens is 168 g/mol. The van der Waals surface area contributed by atoms with Crippen LogP contribution in [0.3, 0.4) is 0 Å². The van der Waals surface area contributed by atoms with Gasteiger partial charge in [0.15, 0.2) is 0 Å². The second-order valence-electron chi connectivity index (χ2n) is 3.42. The molecule has 0 bridgehead atoms.